The lowest BCUT2D eigenvalue weighted by molar-refractivity contribution is -0.119. The van der Waals surface area contributed by atoms with Crippen molar-refractivity contribution in [3.63, 3.8) is 0 Å². The highest BCUT2D eigenvalue weighted by Crippen LogP contribution is 2.24. The fraction of sp³-hybridized carbons (Fsp3) is 0.471. The van der Waals surface area contributed by atoms with Gasteiger partial charge < -0.3 is 9.73 Å². The Labute approximate surface area is 141 Å². The van der Waals surface area contributed by atoms with E-state index in [1.807, 2.05) is 32.0 Å². The molecule has 0 spiro atoms. The molecular formula is C17H23N3O2S. The topological polar surface area (TPSA) is 68.0 Å². The Hall–Kier alpha value is -1.82. The van der Waals surface area contributed by atoms with Gasteiger partial charge in [0.25, 0.3) is 5.22 Å². The lowest BCUT2D eigenvalue weighted by atomic mass is 10.1. The maximum Gasteiger partial charge on any atom is 0.277 e. The molecule has 0 bridgehead atoms. The quantitative estimate of drug-likeness (QED) is 0.782. The van der Waals surface area contributed by atoms with Crippen molar-refractivity contribution in [2.75, 3.05) is 5.75 Å². The molecule has 124 valence electrons. The number of amides is 1. The number of rotatable bonds is 7. The maximum atomic E-state index is 11.8. The Morgan fingerprint density at radius 1 is 1.30 bits per heavy atom. The van der Waals surface area contributed by atoms with Gasteiger partial charge in [-0.3, -0.25) is 4.79 Å². The first kappa shape index (κ1) is 17.5. The Morgan fingerprint density at radius 2 is 2.09 bits per heavy atom. The number of thioether (sulfide) groups is 1. The molecule has 0 saturated carbocycles. The number of nitrogens with one attached hydrogen (secondary N) is 1. The van der Waals surface area contributed by atoms with Crippen LogP contribution in [0.15, 0.2) is 27.8 Å². The number of carbonyl (C=O) groups excluding carboxylic acids is 1. The largest absolute Gasteiger partial charge is 0.411 e. The van der Waals surface area contributed by atoms with Crippen molar-refractivity contribution in [1.29, 1.82) is 0 Å². The lowest BCUT2D eigenvalue weighted by Crippen LogP contribution is -2.33. The average Bonchev–Trinajstić information content (AvgIpc) is 2.97. The molecule has 2 aromatic rings. The molecule has 23 heavy (non-hydrogen) atoms. The minimum absolute atomic E-state index is 0.0121. The lowest BCUT2D eigenvalue weighted by Gasteiger charge is -2.11. The van der Waals surface area contributed by atoms with Crippen molar-refractivity contribution in [2.45, 2.75) is 51.8 Å². The van der Waals surface area contributed by atoms with Crippen molar-refractivity contribution in [1.82, 2.24) is 15.5 Å². The normalized spacial score (nSPS) is 12.2. The molecule has 0 radical (unpaired) electrons. The second-order valence-electron chi connectivity index (χ2n) is 5.72. The summed E-state index contributed by atoms with van der Waals surface area (Å²) in [5, 5.41) is 11.4. The van der Waals surface area contributed by atoms with Crippen LogP contribution >= 0.6 is 11.8 Å². The van der Waals surface area contributed by atoms with Crippen molar-refractivity contribution >= 4 is 17.7 Å². The first-order valence-corrected chi connectivity index (χ1v) is 8.81. The smallest absolute Gasteiger partial charge is 0.277 e. The molecule has 1 N–H and O–H groups in total. The zero-order valence-corrected chi connectivity index (χ0v) is 14.9. The minimum atomic E-state index is -0.0121. The summed E-state index contributed by atoms with van der Waals surface area (Å²) in [5.41, 5.74) is 3.30. The zero-order valence-electron chi connectivity index (χ0n) is 14.0. The molecule has 6 heteroatoms. The summed E-state index contributed by atoms with van der Waals surface area (Å²) in [6, 6.07) is 6.21. The van der Waals surface area contributed by atoms with E-state index in [4.69, 9.17) is 4.42 Å². The van der Waals surface area contributed by atoms with E-state index >= 15 is 0 Å². The van der Waals surface area contributed by atoms with E-state index in [9.17, 15) is 4.79 Å². The highest BCUT2D eigenvalue weighted by Gasteiger charge is 2.12. The highest BCUT2D eigenvalue weighted by atomic mass is 32.2. The molecule has 1 aromatic carbocycles. The first-order valence-electron chi connectivity index (χ1n) is 7.83. The molecule has 2 rings (SSSR count). The van der Waals surface area contributed by atoms with Crippen LogP contribution in [0.5, 0.6) is 0 Å². The van der Waals surface area contributed by atoms with Gasteiger partial charge >= 0.3 is 0 Å². The molecule has 1 unspecified atom stereocenters. The van der Waals surface area contributed by atoms with Crippen LogP contribution in [-0.4, -0.2) is 27.9 Å². The van der Waals surface area contributed by atoms with E-state index in [1.165, 1.54) is 22.9 Å². The zero-order chi connectivity index (χ0) is 16.8. The van der Waals surface area contributed by atoms with E-state index < -0.39 is 0 Å². The van der Waals surface area contributed by atoms with E-state index in [1.54, 1.807) is 0 Å². The standard InChI is InChI=1S/C17H23N3O2S/c1-5-6-13(4)18-15(21)10-23-17-20-19-16(22-17)14-8-7-11(2)12(3)9-14/h7-9,13H,5-6,10H2,1-4H3,(H,18,21). The summed E-state index contributed by atoms with van der Waals surface area (Å²) < 4.78 is 5.63. The number of aryl methyl sites for hydroxylation is 2. The molecule has 1 atom stereocenters. The summed E-state index contributed by atoms with van der Waals surface area (Å²) >= 11 is 1.26. The van der Waals surface area contributed by atoms with Crippen LogP contribution in [0.25, 0.3) is 11.5 Å². The van der Waals surface area contributed by atoms with E-state index in [0.717, 1.165) is 18.4 Å². The summed E-state index contributed by atoms with van der Waals surface area (Å²) in [6.45, 7) is 8.22. The van der Waals surface area contributed by atoms with Crippen LogP contribution in [0, 0.1) is 13.8 Å². The molecule has 5 nitrogen and oxygen atoms in total. The highest BCUT2D eigenvalue weighted by molar-refractivity contribution is 7.99. The fourth-order valence-corrected chi connectivity index (χ4v) is 2.78. The summed E-state index contributed by atoms with van der Waals surface area (Å²) in [4.78, 5) is 11.8. The Bertz CT molecular complexity index is 670. The van der Waals surface area contributed by atoms with Gasteiger partial charge in [0.2, 0.25) is 11.8 Å². The Morgan fingerprint density at radius 3 is 2.78 bits per heavy atom. The monoisotopic (exact) mass is 333 g/mol. The van der Waals surface area contributed by atoms with Gasteiger partial charge in [-0.05, 0) is 50.5 Å². The molecule has 0 saturated heterocycles. The molecule has 0 aliphatic heterocycles. The van der Waals surface area contributed by atoms with Crippen molar-refractivity contribution < 1.29 is 9.21 Å². The van der Waals surface area contributed by atoms with Gasteiger partial charge in [-0.15, -0.1) is 10.2 Å². The first-order chi connectivity index (χ1) is 11.0. The molecule has 1 heterocycles. The third-order valence-electron chi connectivity index (χ3n) is 3.62. The third-order valence-corrected chi connectivity index (χ3v) is 4.43. The van der Waals surface area contributed by atoms with Crippen LogP contribution in [-0.2, 0) is 4.79 Å². The van der Waals surface area contributed by atoms with Crippen LogP contribution < -0.4 is 5.32 Å². The third kappa shape index (κ3) is 5.10. The number of nitrogens with zero attached hydrogens (tertiary/aromatic N) is 2. The van der Waals surface area contributed by atoms with Crippen LogP contribution in [0.1, 0.15) is 37.8 Å². The van der Waals surface area contributed by atoms with Crippen molar-refractivity contribution in [2.24, 2.45) is 0 Å². The van der Waals surface area contributed by atoms with Gasteiger partial charge in [0.05, 0.1) is 5.75 Å². The number of benzene rings is 1. The van der Waals surface area contributed by atoms with E-state index in [2.05, 4.69) is 29.4 Å². The van der Waals surface area contributed by atoms with Crippen LogP contribution in [0.4, 0.5) is 0 Å². The summed E-state index contributed by atoms with van der Waals surface area (Å²) in [7, 11) is 0. The van der Waals surface area contributed by atoms with Gasteiger partial charge in [0.15, 0.2) is 0 Å². The fourth-order valence-electron chi connectivity index (χ4n) is 2.21. The molecular weight excluding hydrogens is 310 g/mol. The molecule has 1 aromatic heterocycles. The Balaban J connectivity index is 1.92. The predicted octanol–water partition coefficient (Wildman–Crippen LogP) is 3.75. The number of carbonyl (C=O) groups is 1. The number of hydrogen-bond donors (Lipinski definition) is 1. The number of hydrogen-bond acceptors (Lipinski definition) is 5. The van der Waals surface area contributed by atoms with Gasteiger partial charge in [-0.2, -0.15) is 0 Å². The molecule has 1 amide bonds. The van der Waals surface area contributed by atoms with Crippen molar-refractivity contribution in [3.05, 3.63) is 29.3 Å². The van der Waals surface area contributed by atoms with Gasteiger partial charge in [-0.25, -0.2) is 0 Å². The van der Waals surface area contributed by atoms with Crippen molar-refractivity contribution in [3.8, 4) is 11.5 Å². The molecule has 0 fully saturated rings. The second kappa shape index (κ2) is 8.15. The molecule has 0 aliphatic rings. The van der Waals surface area contributed by atoms with Crippen LogP contribution in [0.2, 0.25) is 0 Å². The van der Waals surface area contributed by atoms with Gasteiger partial charge in [-0.1, -0.05) is 31.2 Å². The van der Waals surface area contributed by atoms with Gasteiger partial charge in [0.1, 0.15) is 0 Å². The van der Waals surface area contributed by atoms with E-state index in [0.29, 0.717) is 11.1 Å². The maximum absolute atomic E-state index is 11.8. The SMILES string of the molecule is CCCC(C)NC(=O)CSc1nnc(-c2ccc(C)c(C)c2)o1. The van der Waals surface area contributed by atoms with Crippen LogP contribution in [0.3, 0.4) is 0 Å². The Kier molecular flexibility index (Phi) is 6.21. The summed E-state index contributed by atoms with van der Waals surface area (Å²) in [5.74, 6) is 0.750. The van der Waals surface area contributed by atoms with E-state index in [-0.39, 0.29) is 17.7 Å². The van der Waals surface area contributed by atoms with Gasteiger partial charge in [0, 0.05) is 11.6 Å². The number of aromatic nitrogens is 2. The average molecular weight is 333 g/mol. The summed E-state index contributed by atoms with van der Waals surface area (Å²) in [6.07, 6.45) is 2.03. The second-order valence-corrected chi connectivity index (χ2v) is 6.64. The predicted molar refractivity (Wildman–Crippen MR) is 92.4 cm³/mol. The minimum Gasteiger partial charge on any atom is -0.411 e. The molecule has 0 aliphatic carbocycles.